The highest BCUT2D eigenvalue weighted by molar-refractivity contribution is 7.93. The predicted octanol–water partition coefficient (Wildman–Crippen LogP) is 0.637. The quantitative estimate of drug-likeness (QED) is 0.635. The SMILES string of the molecule is Cc1ccccc1S(=O)(=O)C(N)(CCCCN)C(=O)O. The van der Waals surface area contributed by atoms with Crippen LogP contribution in [0.4, 0.5) is 0 Å². The van der Waals surface area contributed by atoms with Crippen LogP contribution in [0.1, 0.15) is 24.8 Å². The molecule has 1 unspecified atom stereocenters. The molecule has 0 aromatic heterocycles. The van der Waals surface area contributed by atoms with Gasteiger partial charge in [0.15, 0.2) is 0 Å². The molecule has 0 aliphatic rings. The molecule has 1 aromatic carbocycles. The molecule has 0 fully saturated rings. The van der Waals surface area contributed by atoms with Crippen molar-refractivity contribution in [2.24, 2.45) is 11.5 Å². The summed E-state index contributed by atoms with van der Waals surface area (Å²) in [4.78, 5) is 9.04. The molecule has 0 saturated carbocycles. The van der Waals surface area contributed by atoms with E-state index in [4.69, 9.17) is 11.5 Å². The number of aryl methyl sites for hydroxylation is 1. The number of hydrogen-bond donors (Lipinski definition) is 3. The molecule has 0 amide bonds. The van der Waals surface area contributed by atoms with Crippen molar-refractivity contribution in [2.45, 2.75) is 36.0 Å². The van der Waals surface area contributed by atoms with Crippen molar-refractivity contribution in [3.63, 3.8) is 0 Å². The first kappa shape index (κ1) is 16.6. The van der Waals surface area contributed by atoms with Gasteiger partial charge in [0.2, 0.25) is 14.7 Å². The second kappa shape index (κ2) is 6.34. The number of carboxylic acid groups (broad SMARTS) is 1. The van der Waals surface area contributed by atoms with Crippen LogP contribution in [0.2, 0.25) is 0 Å². The summed E-state index contributed by atoms with van der Waals surface area (Å²) in [6.07, 6.45) is 0.691. The van der Waals surface area contributed by atoms with Crippen LogP contribution in [0, 0.1) is 6.92 Å². The first-order valence-electron chi connectivity index (χ1n) is 6.30. The minimum absolute atomic E-state index is 0.0438. The number of sulfone groups is 1. The van der Waals surface area contributed by atoms with Crippen molar-refractivity contribution < 1.29 is 18.3 Å². The molecule has 1 aromatic rings. The number of carbonyl (C=O) groups is 1. The number of nitrogens with two attached hydrogens (primary N) is 2. The van der Waals surface area contributed by atoms with Gasteiger partial charge in [-0.1, -0.05) is 18.2 Å². The van der Waals surface area contributed by atoms with Gasteiger partial charge in [-0.25, -0.2) is 13.2 Å². The van der Waals surface area contributed by atoms with Gasteiger partial charge in [-0.2, -0.15) is 0 Å². The zero-order valence-electron chi connectivity index (χ0n) is 11.4. The zero-order valence-corrected chi connectivity index (χ0v) is 12.2. The smallest absolute Gasteiger partial charge is 0.339 e. The molecule has 0 aliphatic carbocycles. The summed E-state index contributed by atoms with van der Waals surface area (Å²) in [5.41, 5.74) is 11.5. The predicted molar refractivity (Wildman–Crippen MR) is 75.8 cm³/mol. The lowest BCUT2D eigenvalue weighted by Gasteiger charge is -2.25. The van der Waals surface area contributed by atoms with E-state index in [1.54, 1.807) is 25.1 Å². The Morgan fingerprint density at radius 2 is 1.90 bits per heavy atom. The van der Waals surface area contributed by atoms with Crippen molar-refractivity contribution in [2.75, 3.05) is 6.54 Å². The van der Waals surface area contributed by atoms with Gasteiger partial charge < -0.3 is 16.6 Å². The van der Waals surface area contributed by atoms with Crippen LogP contribution in [0.5, 0.6) is 0 Å². The van der Waals surface area contributed by atoms with E-state index < -0.39 is 20.7 Å². The summed E-state index contributed by atoms with van der Waals surface area (Å²) in [6, 6.07) is 6.21. The lowest BCUT2D eigenvalue weighted by Crippen LogP contribution is -2.54. The lowest BCUT2D eigenvalue weighted by molar-refractivity contribution is -0.140. The summed E-state index contributed by atoms with van der Waals surface area (Å²) in [5.74, 6) is -1.54. The number of hydrogen-bond acceptors (Lipinski definition) is 5. The van der Waals surface area contributed by atoms with E-state index in [2.05, 4.69) is 0 Å². The lowest BCUT2D eigenvalue weighted by atomic mass is 10.1. The number of aliphatic carboxylic acids is 1. The van der Waals surface area contributed by atoms with Crippen molar-refractivity contribution >= 4 is 15.8 Å². The average Bonchev–Trinajstić information content (AvgIpc) is 2.38. The van der Waals surface area contributed by atoms with Gasteiger partial charge in [-0.05, 0) is 44.4 Å². The summed E-state index contributed by atoms with van der Waals surface area (Å²) in [6.45, 7) is 1.97. The summed E-state index contributed by atoms with van der Waals surface area (Å²) in [5, 5.41) is 9.28. The molecule has 0 bridgehead atoms. The Morgan fingerprint density at radius 1 is 1.30 bits per heavy atom. The molecule has 20 heavy (non-hydrogen) atoms. The third kappa shape index (κ3) is 3.00. The number of carboxylic acids is 1. The third-order valence-electron chi connectivity index (χ3n) is 3.23. The van der Waals surface area contributed by atoms with Gasteiger partial charge in [0.25, 0.3) is 0 Å². The molecular weight excluding hydrogens is 280 g/mol. The third-order valence-corrected chi connectivity index (χ3v) is 5.60. The van der Waals surface area contributed by atoms with Gasteiger partial charge >= 0.3 is 5.97 Å². The Labute approximate surface area is 118 Å². The van der Waals surface area contributed by atoms with Crippen LogP contribution >= 0.6 is 0 Å². The topological polar surface area (TPSA) is 123 Å². The fourth-order valence-corrected chi connectivity index (χ4v) is 3.73. The number of benzene rings is 1. The van der Waals surface area contributed by atoms with E-state index in [1.165, 1.54) is 6.07 Å². The van der Waals surface area contributed by atoms with Gasteiger partial charge in [0, 0.05) is 0 Å². The minimum atomic E-state index is -4.17. The van der Waals surface area contributed by atoms with Crippen molar-refractivity contribution in [3.8, 4) is 0 Å². The van der Waals surface area contributed by atoms with Gasteiger partial charge in [-0.3, -0.25) is 0 Å². The maximum Gasteiger partial charge on any atom is 0.339 e. The van der Waals surface area contributed by atoms with Crippen LogP contribution in [0.15, 0.2) is 29.2 Å². The van der Waals surface area contributed by atoms with E-state index >= 15 is 0 Å². The molecular formula is C13H20N2O4S. The number of unbranched alkanes of at least 4 members (excludes halogenated alkanes) is 1. The van der Waals surface area contributed by atoms with E-state index in [1.807, 2.05) is 0 Å². The molecule has 6 nitrogen and oxygen atoms in total. The monoisotopic (exact) mass is 300 g/mol. The highest BCUT2D eigenvalue weighted by Gasteiger charge is 2.48. The molecule has 112 valence electrons. The average molecular weight is 300 g/mol. The Balaban J connectivity index is 3.26. The van der Waals surface area contributed by atoms with Crippen molar-refractivity contribution in [3.05, 3.63) is 29.8 Å². The van der Waals surface area contributed by atoms with Crippen LogP contribution in [-0.4, -0.2) is 30.9 Å². The summed E-state index contributed by atoms with van der Waals surface area (Å²) < 4.78 is 25.1. The normalized spacial score (nSPS) is 14.8. The standard InChI is InChI=1S/C13H20N2O4S/c1-10-6-2-3-7-11(10)20(18,19)13(15,12(16)17)8-4-5-9-14/h2-3,6-7H,4-5,8-9,14-15H2,1H3,(H,16,17). The fourth-order valence-electron chi connectivity index (χ4n) is 1.94. The highest BCUT2D eigenvalue weighted by Crippen LogP contribution is 2.28. The summed E-state index contributed by atoms with van der Waals surface area (Å²) in [7, 11) is -4.17. The molecule has 0 radical (unpaired) electrons. The van der Waals surface area contributed by atoms with Crippen LogP contribution in [0.3, 0.4) is 0 Å². The van der Waals surface area contributed by atoms with Gasteiger partial charge in [-0.15, -0.1) is 0 Å². The molecule has 0 saturated heterocycles. The zero-order chi connectivity index (χ0) is 15.4. The second-order valence-corrected chi connectivity index (χ2v) is 6.88. The highest BCUT2D eigenvalue weighted by atomic mass is 32.2. The Morgan fingerprint density at radius 3 is 2.40 bits per heavy atom. The van der Waals surface area contributed by atoms with E-state index in [0.29, 0.717) is 24.9 Å². The molecule has 5 N–H and O–H groups in total. The second-order valence-electron chi connectivity index (χ2n) is 4.71. The first-order valence-corrected chi connectivity index (χ1v) is 7.78. The Hall–Kier alpha value is -1.44. The number of rotatable bonds is 7. The molecule has 0 heterocycles. The Kier molecular flexibility index (Phi) is 5.27. The maximum atomic E-state index is 12.6. The molecule has 1 atom stereocenters. The molecule has 1 rings (SSSR count). The molecule has 0 aliphatic heterocycles. The van der Waals surface area contributed by atoms with Crippen LogP contribution in [0.25, 0.3) is 0 Å². The minimum Gasteiger partial charge on any atom is -0.479 e. The first-order chi connectivity index (χ1) is 9.27. The van der Waals surface area contributed by atoms with E-state index in [-0.39, 0.29) is 11.3 Å². The van der Waals surface area contributed by atoms with Gasteiger partial charge in [0.1, 0.15) is 0 Å². The largest absolute Gasteiger partial charge is 0.479 e. The fraction of sp³-hybridized carbons (Fsp3) is 0.462. The van der Waals surface area contributed by atoms with Crippen molar-refractivity contribution in [1.82, 2.24) is 0 Å². The van der Waals surface area contributed by atoms with Crippen molar-refractivity contribution in [1.29, 1.82) is 0 Å². The van der Waals surface area contributed by atoms with E-state index in [0.717, 1.165) is 0 Å². The van der Waals surface area contributed by atoms with Gasteiger partial charge in [0.05, 0.1) is 4.90 Å². The Bertz CT molecular complexity index is 586. The molecule has 0 spiro atoms. The summed E-state index contributed by atoms with van der Waals surface area (Å²) >= 11 is 0. The maximum absolute atomic E-state index is 12.6. The van der Waals surface area contributed by atoms with E-state index in [9.17, 15) is 18.3 Å². The molecule has 7 heteroatoms. The van der Waals surface area contributed by atoms with Crippen LogP contribution < -0.4 is 11.5 Å². The van der Waals surface area contributed by atoms with Crippen LogP contribution in [-0.2, 0) is 14.6 Å².